The highest BCUT2D eigenvalue weighted by Crippen LogP contribution is 2.27. The standard InChI is InChI=1S/C25H25BrN2O6/c1-25(2,3)34-24(31)28-14-17(19-11-10-18(26)13-21(19)28)12-20(22(29)32-4)27-23(30)33-15-16-8-6-5-7-9-16/h5-14H,15H2,1-4H3,(H,27,30). The van der Waals surface area contributed by atoms with Crippen molar-refractivity contribution in [2.45, 2.75) is 33.0 Å². The first-order chi connectivity index (χ1) is 16.1. The first kappa shape index (κ1) is 25.0. The van der Waals surface area contributed by atoms with Crippen molar-refractivity contribution in [3.05, 3.63) is 76.0 Å². The normalized spacial score (nSPS) is 11.7. The van der Waals surface area contributed by atoms with Gasteiger partial charge in [0.25, 0.3) is 0 Å². The second-order valence-electron chi connectivity index (χ2n) is 8.33. The Morgan fingerprint density at radius 1 is 1.09 bits per heavy atom. The number of alkyl carbamates (subject to hydrolysis) is 1. The zero-order chi connectivity index (χ0) is 24.9. The number of rotatable bonds is 5. The smallest absolute Gasteiger partial charge is 0.419 e. The zero-order valence-corrected chi connectivity index (χ0v) is 20.8. The summed E-state index contributed by atoms with van der Waals surface area (Å²) in [6, 6.07) is 14.5. The van der Waals surface area contributed by atoms with Crippen LogP contribution in [0.1, 0.15) is 31.9 Å². The number of nitrogens with one attached hydrogen (secondary N) is 1. The molecule has 34 heavy (non-hydrogen) atoms. The van der Waals surface area contributed by atoms with Crippen LogP contribution in [-0.2, 0) is 25.6 Å². The first-order valence-electron chi connectivity index (χ1n) is 10.4. The fourth-order valence-electron chi connectivity index (χ4n) is 3.08. The number of aromatic nitrogens is 1. The maximum Gasteiger partial charge on any atom is 0.419 e. The highest BCUT2D eigenvalue weighted by Gasteiger charge is 2.22. The molecule has 8 nitrogen and oxygen atoms in total. The quantitative estimate of drug-likeness (QED) is 0.262. The Hall–Kier alpha value is -3.59. The van der Waals surface area contributed by atoms with E-state index in [0.29, 0.717) is 16.5 Å². The van der Waals surface area contributed by atoms with Crippen molar-refractivity contribution < 1.29 is 28.6 Å². The van der Waals surface area contributed by atoms with Crippen molar-refractivity contribution in [1.29, 1.82) is 0 Å². The fourth-order valence-corrected chi connectivity index (χ4v) is 3.43. The minimum absolute atomic E-state index is 0.0348. The Balaban J connectivity index is 1.93. The third-order valence-corrected chi connectivity index (χ3v) is 5.04. The summed E-state index contributed by atoms with van der Waals surface area (Å²) in [5.74, 6) is -0.771. The molecular formula is C25H25BrN2O6. The molecule has 178 valence electrons. The highest BCUT2D eigenvalue weighted by atomic mass is 79.9. The molecule has 1 aromatic heterocycles. The van der Waals surface area contributed by atoms with Crippen LogP contribution in [0.25, 0.3) is 17.0 Å². The second-order valence-corrected chi connectivity index (χ2v) is 9.25. The van der Waals surface area contributed by atoms with Gasteiger partial charge in [-0.1, -0.05) is 52.3 Å². The van der Waals surface area contributed by atoms with E-state index in [1.165, 1.54) is 23.9 Å². The Morgan fingerprint density at radius 3 is 2.44 bits per heavy atom. The van der Waals surface area contributed by atoms with Crippen LogP contribution in [0.5, 0.6) is 0 Å². The van der Waals surface area contributed by atoms with Gasteiger partial charge in [-0.25, -0.2) is 14.4 Å². The number of esters is 1. The maximum atomic E-state index is 12.8. The predicted octanol–water partition coefficient (Wildman–Crippen LogP) is 5.63. The van der Waals surface area contributed by atoms with Gasteiger partial charge in [-0.2, -0.15) is 0 Å². The Labute approximate surface area is 205 Å². The van der Waals surface area contributed by atoms with Gasteiger partial charge in [-0.05, 0) is 44.5 Å². The van der Waals surface area contributed by atoms with E-state index in [9.17, 15) is 14.4 Å². The summed E-state index contributed by atoms with van der Waals surface area (Å²) < 4.78 is 17.6. The third-order valence-electron chi connectivity index (χ3n) is 4.54. The lowest BCUT2D eigenvalue weighted by Gasteiger charge is -2.19. The summed E-state index contributed by atoms with van der Waals surface area (Å²) in [5.41, 5.74) is 1.01. The lowest BCUT2D eigenvalue weighted by molar-refractivity contribution is -0.136. The average Bonchev–Trinajstić information content (AvgIpc) is 3.13. The first-order valence-corrected chi connectivity index (χ1v) is 11.2. The topological polar surface area (TPSA) is 95.9 Å². The molecule has 1 N–H and O–H groups in total. The van der Waals surface area contributed by atoms with Crippen molar-refractivity contribution in [1.82, 2.24) is 9.88 Å². The number of methoxy groups -OCH3 is 1. The molecular weight excluding hydrogens is 504 g/mol. The minimum atomic E-state index is -0.820. The molecule has 9 heteroatoms. The van der Waals surface area contributed by atoms with Gasteiger partial charge >= 0.3 is 18.2 Å². The van der Waals surface area contributed by atoms with E-state index >= 15 is 0 Å². The number of fused-ring (bicyclic) bond motifs is 1. The molecule has 3 aromatic rings. The summed E-state index contributed by atoms with van der Waals surface area (Å²) in [5, 5.41) is 3.09. The zero-order valence-electron chi connectivity index (χ0n) is 19.3. The van der Waals surface area contributed by atoms with Crippen molar-refractivity contribution in [3.8, 4) is 0 Å². The predicted molar refractivity (Wildman–Crippen MR) is 131 cm³/mol. The van der Waals surface area contributed by atoms with Gasteiger partial charge in [0.2, 0.25) is 0 Å². The summed E-state index contributed by atoms with van der Waals surface area (Å²) in [6.45, 7) is 5.35. The molecule has 0 spiro atoms. The molecule has 0 saturated carbocycles. The summed E-state index contributed by atoms with van der Waals surface area (Å²) in [4.78, 5) is 37.5. The van der Waals surface area contributed by atoms with E-state index in [1.807, 2.05) is 30.3 Å². The molecule has 1 heterocycles. The number of carbonyl (C=O) groups is 3. The Kier molecular flexibility index (Phi) is 7.78. The number of halogens is 1. The van der Waals surface area contributed by atoms with Gasteiger partial charge in [0, 0.05) is 21.6 Å². The molecule has 0 unspecified atom stereocenters. The molecule has 1 amide bonds. The van der Waals surface area contributed by atoms with Crippen LogP contribution in [-0.4, -0.2) is 35.4 Å². The monoisotopic (exact) mass is 528 g/mol. The van der Waals surface area contributed by atoms with E-state index < -0.39 is 23.8 Å². The molecule has 2 aromatic carbocycles. The number of nitrogens with zero attached hydrogens (tertiary/aromatic N) is 1. The molecule has 0 atom stereocenters. The van der Waals surface area contributed by atoms with Crippen molar-refractivity contribution in [2.75, 3.05) is 7.11 Å². The molecule has 0 aliphatic rings. The summed E-state index contributed by atoms with van der Waals surface area (Å²) in [6.07, 6.45) is 1.56. The summed E-state index contributed by atoms with van der Waals surface area (Å²) >= 11 is 3.41. The van der Waals surface area contributed by atoms with Gasteiger partial charge in [-0.3, -0.25) is 9.88 Å². The lowest BCUT2D eigenvalue weighted by atomic mass is 10.1. The van der Waals surface area contributed by atoms with Gasteiger partial charge in [0.15, 0.2) is 0 Å². The maximum absolute atomic E-state index is 12.8. The SMILES string of the molecule is COC(=O)C(=Cc1cn(C(=O)OC(C)(C)C)c2cc(Br)ccc12)NC(=O)OCc1ccccc1. The number of benzene rings is 2. The fraction of sp³-hybridized carbons (Fsp3) is 0.240. The van der Waals surface area contributed by atoms with Gasteiger partial charge in [0.1, 0.15) is 17.9 Å². The van der Waals surface area contributed by atoms with Crippen LogP contribution >= 0.6 is 15.9 Å². The van der Waals surface area contributed by atoms with Gasteiger partial charge in [-0.15, -0.1) is 0 Å². The molecule has 0 fully saturated rings. The summed E-state index contributed by atoms with van der Waals surface area (Å²) in [7, 11) is 1.20. The Morgan fingerprint density at radius 2 is 1.79 bits per heavy atom. The number of carbonyl (C=O) groups excluding carboxylic acids is 3. The number of hydrogen-bond acceptors (Lipinski definition) is 6. The van der Waals surface area contributed by atoms with E-state index in [0.717, 1.165) is 10.0 Å². The van der Waals surface area contributed by atoms with E-state index in [4.69, 9.17) is 14.2 Å². The molecule has 3 rings (SSSR count). The van der Waals surface area contributed by atoms with Crippen LogP contribution in [0.15, 0.2) is 64.9 Å². The molecule has 0 aliphatic carbocycles. The number of ether oxygens (including phenoxy) is 3. The average molecular weight is 529 g/mol. The van der Waals surface area contributed by atoms with E-state index in [1.54, 1.807) is 39.0 Å². The van der Waals surface area contributed by atoms with Crippen LogP contribution < -0.4 is 5.32 Å². The van der Waals surface area contributed by atoms with E-state index in [-0.39, 0.29) is 12.3 Å². The number of hydrogen-bond donors (Lipinski definition) is 1. The third kappa shape index (κ3) is 6.48. The minimum Gasteiger partial charge on any atom is -0.464 e. The van der Waals surface area contributed by atoms with Crippen molar-refractivity contribution in [2.24, 2.45) is 0 Å². The molecule has 0 saturated heterocycles. The van der Waals surface area contributed by atoms with Crippen LogP contribution in [0.2, 0.25) is 0 Å². The van der Waals surface area contributed by atoms with Crippen LogP contribution in [0, 0.1) is 0 Å². The largest absolute Gasteiger partial charge is 0.464 e. The lowest BCUT2D eigenvalue weighted by Crippen LogP contribution is -2.28. The number of amides is 1. The van der Waals surface area contributed by atoms with Gasteiger partial charge < -0.3 is 14.2 Å². The van der Waals surface area contributed by atoms with Crippen LogP contribution in [0.3, 0.4) is 0 Å². The molecule has 0 aliphatic heterocycles. The molecule has 0 radical (unpaired) electrons. The van der Waals surface area contributed by atoms with Crippen LogP contribution in [0.4, 0.5) is 9.59 Å². The van der Waals surface area contributed by atoms with E-state index in [2.05, 4.69) is 21.2 Å². The van der Waals surface area contributed by atoms with Crippen molar-refractivity contribution >= 4 is 51.1 Å². The molecule has 0 bridgehead atoms. The van der Waals surface area contributed by atoms with Crippen molar-refractivity contribution in [3.63, 3.8) is 0 Å². The Bertz CT molecular complexity index is 1240. The highest BCUT2D eigenvalue weighted by molar-refractivity contribution is 9.10. The second kappa shape index (κ2) is 10.6. The van der Waals surface area contributed by atoms with Gasteiger partial charge in [0.05, 0.1) is 12.6 Å².